The van der Waals surface area contributed by atoms with Crippen LogP contribution < -0.4 is 0 Å². The Hall–Kier alpha value is -1.06. The van der Waals surface area contributed by atoms with Crippen LogP contribution in [0.15, 0.2) is 0 Å². The Balaban J connectivity index is 1.19. The summed E-state index contributed by atoms with van der Waals surface area (Å²) in [6.45, 7) is 3.24. The van der Waals surface area contributed by atoms with Gasteiger partial charge in [-0.2, -0.15) is 0 Å². The van der Waals surface area contributed by atoms with E-state index in [9.17, 15) is 9.59 Å². The number of fused-ring (bicyclic) bond motifs is 4. The Labute approximate surface area is 151 Å². The van der Waals surface area contributed by atoms with Crippen molar-refractivity contribution in [1.82, 2.24) is 9.80 Å². The summed E-state index contributed by atoms with van der Waals surface area (Å²) in [4.78, 5) is 30.2. The maximum absolute atomic E-state index is 13.0. The van der Waals surface area contributed by atoms with E-state index in [4.69, 9.17) is 0 Å². The molecule has 4 saturated carbocycles. The monoisotopic (exact) mass is 344 g/mol. The summed E-state index contributed by atoms with van der Waals surface area (Å²) in [5.41, 5.74) is 0. The third-order valence-corrected chi connectivity index (χ3v) is 8.23. The summed E-state index contributed by atoms with van der Waals surface area (Å²) in [6, 6.07) is 0. The van der Waals surface area contributed by atoms with Crippen molar-refractivity contribution in [3.8, 4) is 0 Å². The second-order valence-corrected chi connectivity index (χ2v) is 9.57. The highest BCUT2D eigenvalue weighted by molar-refractivity contribution is 5.81. The Morgan fingerprint density at radius 3 is 1.44 bits per heavy atom. The van der Waals surface area contributed by atoms with E-state index in [0.717, 1.165) is 57.3 Å². The van der Waals surface area contributed by atoms with Crippen molar-refractivity contribution in [2.75, 3.05) is 26.2 Å². The summed E-state index contributed by atoms with van der Waals surface area (Å²) < 4.78 is 0. The minimum absolute atomic E-state index is 0.298. The zero-order valence-electron chi connectivity index (χ0n) is 15.4. The molecule has 4 bridgehead atoms. The van der Waals surface area contributed by atoms with Crippen LogP contribution in [0.25, 0.3) is 0 Å². The number of rotatable bonds is 2. The van der Waals surface area contributed by atoms with Crippen LogP contribution in [0, 0.1) is 35.5 Å². The highest BCUT2D eigenvalue weighted by Crippen LogP contribution is 2.50. The molecule has 1 heterocycles. The van der Waals surface area contributed by atoms with Gasteiger partial charge in [-0.25, -0.2) is 0 Å². The Morgan fingerprint density at radius 2 is 1.08 bits per heavy atom. The lowest BCUT2D eigenvalue weighted by Gasteiger charge is -2.30. The van der Waals surface area contributed by atoms with Gasteiger partial charge in [0.15, 0.2) is 0 Å². The van der Waals surface area contributed by atoms with Gasteiger partial charge in [-0.3, -0.25) is 9.59 Å². The molecule has 0 aromatic heterocycles. The van der Waals surface area contributed by atoms with Gasteiger partial charge < -0.3 is 9.80 Å². The van der Waals surface area contributed by atoms with Gasteiger partial charge in [0.25, 0.3) is 0 Å². The predicted molar refractivity (Wildman–Crippen MR) is 95.7 cm³/mol. The molecule has 4 heteroatoms. The third kappa shape index (κ3) is 2.80. The first-order valence-electron chi connectivity index (χ1n) is 10.8. The SMILES string of the molecule is O=C([C@@H]1C[C@H]2CC[C@H]1C2)N1CCCN(C(=O)[C@@H]2C[C@H]3CC[C@H]2C3)CC1. The van der Waals surface area contributed by atoms with Crippen LogP contribution in [0.1, 0.15) is 57.8 Å². The fourth-order valence-electron chi connectivity index (χ4n) is 6.92. The molecule has 5 fully saturated rings. The molecule has 5 aliphatic rings. The van der Waals surface area contributed by atoms with Gasteiger partial charge in [0, 0.05) is 38.0 Å². The van der Waals surface area contributed by atoms with Gasteiger partial charge in [-0.1, -0.05) is 12.8 Å². The van der Waals surface area contributed by atoms with E-state index < -0.39 is 0 Å². The van der Waals surface area contributed by atoms with Gasteiger partial charge >= 0.3 is 0 Å². The number of hydrogen-bond donors (Lipinski definition) is 0. The van der Waals surface area contributed by atoms with E-state index in [1.807, 2.05) is 0 Å². The molecular weight excluding hydrogens is 312 g/mol. The van der Waals surface area contributed by atoms with Crippen LogP contribution in [-0.2, 0) is 9.59 Å². The molecule has 0 aromatic rings. The molecule has 1 saturated heterocycles. The molecule has 1 aliphatic heterocycles. The fourth-order valence-corrected chi connectivity index (χ4v) is 6.92. The van der Waals surface area contributed by atoms with Crippen LogP contribution in [0.2, 0.25) is 0 Å². The van der Waals surface area contributed by atoms with Crippen LogP contribution in [-0.4, -0.2) is 47.8 Å². The molecule has 0 radical (unpaired) electrons. The summed E-state index contributed by atoms with van der Waals surface area (Å²) in [5.74, 6) is 4.37. The zero-order valence-corrected chi connectivity index (χ0v) is 15.4. The molecule has 0 aromatic carbocycles. The Bertz CT molecular complexity index is 514. The minimum atomic E-state index is 0.298. The molecule has 138 valence electrons. The molecule has 2 amide bonds. The first-order chi connectivity index (χ1) is 12.2. The summed E-state index contributed by atoms with van der Waals surface area (Å²) >= 11 is 0. The lowest BCUT2D eigenvalue weighted by molar-refractivity contribution is -0.139. The van der Waals surface area contributed by atoms with Crippen LogP contribution >= 0.6 is 0 Å². The van der Waals surface area contributed by atoms with E-state index in [1.165, 1.54) is 38.5 Å². The van der Waals surface area contributed by atoms with E-state index in [2.05, 4.69) is 9.80 Å². The van der Waals surface area contributed by atoms with Gasteiger partial charge in [-0.15, -0.1) is 0 Å². The number of hydrogen-bond acceptors (Lipinski definition) is 2. The van der Waals surface area contributed by atoms with E-state index in [-0.39, 0.29) is 0 Å². The standard InChI is InChI=1S/C21H32N2O2/c24-20(18-12-14-2-4-16(18)10-14)22-6-1-7-23(9-8-22)21(25)19-13-15-3-5-17(19)11-15/h14-19H,1-13H2/t14-,15-,16-,17-,18+,19+/m0/s1. The number of amides is 2. The van der Waals surface area contributed by atoms with Crippen molar-refractivity contribution in [3.63, 3.8) is 0 Å². The second-order valence-electron chi connectivity index (χ2n) is 9.57. The first-order valence-corrected chi connectivity index (χ1v) is 10.8. The minimum Gasteiger partial charge on any atom is -0.341 e. The van der Waals surface area contributed by atoms with Crippen LogP contribution in [0.5, 0.6) is 0 Å². The first kappa shape index (κ1) is 16.1. The second kappa shape index (κ2) is 6.28. The largest absolute Gasteiger partial charge is 0.341 e. The van der Waals surface area contributed by atoms with Gasteiger partial charge in [0.2, 0.25) is 11.8 Å². The van der Waals surface area contributed by atoms with Crippen molar-refractivity contribution in [2.45, 2.75) is 57.8 Å². The zero-order chi connectivity index (χ0) is 17.0. The molecule has 4 nitrogen and oxygen atoms in total. The van der Waals surface area contributed by atoms with Gasteiger partial charge in [-0.05, 0) is 68.6 Å². The Morgan fingerprint density at radius 1 is 0.600 bits per heavy atom. The molecule has 0 spiro atoms. The van der Waals surface area contributed by atoms with Crippen molar-refractivity contribution in [3.05, 3.63) is 0 Å². The van der Waals surface area contributed by atoms with Gasteiger partial charge in [0.05, 0.1) is 0 Å². The van der Waals surface area contributed by atoms with Crippen molar-refractivity contribution < 1.29 is 9.59 Å². The lowest BCUT2D eigenvalue weighted by atomic mass is 9.87. The van der Waals surface area contributed by atoms with E-state index in [1.54, 1.807) is 0 Å². The highest BCUT2D eigenvalue weighted by Gasteiger charge is 2.46. The molecule has 5 rings (SSSR count). The normalized spacial score (nSPS) is 42.9. The summed E-state index contributed by atoms with van der Waals surface area (Å²) in [7, 11) is 0. The molecule has 25 heavy (non-hydrogen) atoms. The molecule has 0 N–H and O–H groups in total. The molecule has 6 atom stereocenters. The predicted octanol–water partition coefficient (Wildman–Crippen LogP) is 2.92. The third-order valence-electron chi connectivity index (χ3n) is 8.23. The maximum atomic E-state index is 13.0. The lowest BCUT2D eigenvalue weighted by Crippen LogP contribution is -2.43. The average Bonchev–Trinajstić information content (AvgIpc) is 3.39. The number of carbonyl (C=O) groups excluding carboxylic acids is 2. The highest BCUT2D eigenvalue weighted by atomic mass is 16.2. The fraction of sp³-hybridized carbons (Fsp3) is 0.905. The van der Waals surface area contributed by atoms with E-state index in [0.29, 0.717) is 35.5 Å². The Kier molecular flexibility index (Phi) is 4.05. The smallest absolute Gasteiger partial charge is 0.226 e. The van der Waals surface area contributed by atoms with Crippen LogP contribution in [0.4, 0.5) is 0 Å². The molecular formula is C21H32N2O2. The number of nitrogens with zero attached hydrogens (tertiary/aromatic N) is 2. The summed E-state index contributed by atoms with van der Waals surface area (Å²) in [5, 5.41) is 0. The number of carbonyl (C=O) groups is 2. The maximum Gasteiger partial charge on any atom is 0.226 e. The van der Waals surface area contributed by atoms with Crippen molar-refractivity contribution in [2.24, 2.45) is 35.5 Å². The van der Waals surface area contributed by atoms with Crippen LogP contribution in [0.3, 0.4) is 0 Å². The van der Waals surface area contributed by atoms with Gasteiger partial charge in [0.1, 0.15) is 0 Å². The average molecular weight is 344 g/mol. The molecule has 4 aliphatic carbocycles. The van der Waals surface area contributed by atoms with Crippen molar-refractivity contribution in [1.29, 1.82) is 0 Å². The van der Waals surface area contributed by atoms with E-state index >= 15 is 0 Å². The topological polar surface area (TPSA) is 40.6 Å². The molecule has 0 unspecified atom stereocenters. The quantitative estimate of drug-likeness (QED) is 0.773. The van der Waals surface area contributed by atoms with Crippen molar-refractivity contribution >= 4 is 11.8 Å². The summed E-state index contributed by atoms with van der Waals surface area (Å²) in [6.07, 6.45) is 11.0.